The number of carboxylic acids is 1. The first kappa shape index (κ1) is 14.0. The molecule has 0 aromatic heterocycles. The Hall–Kier alpha value is -2.07. The standard InChI is InChI=1S/C11H6F4O3/c12-7-5(3-1-2-4-16)8(13)10(15)6(9(7)14)11(17)18/h16H,2,4H2,(H,17,18). The van der Waals surface area contributed by atoms with Crippen molar-refractivity contribution in [2.45, 2.75) is 6.42 Å². The highest BCUT2D eigenvalue weighted by Crippen LogP contribution is 2.23. The summed E-state index contributed by atoms with van der Waals surface area (Å²) < 4.78 is 52.9. The van der Waals surface area contributed by atoms with Crippen LogP contribution < -0.4 is 0 Å². The molecule has 0 aliphatic carbocycles. The fourth-order valence-corrected chi connectivity index (χ4v) is 1.14. The molecule has 0 spiro atoms. The monoisotopic (exact) mass is 262 g/mol. The second-order valence-electron chi connectivity index (χ2n) is 3.09. The second-order valence-corrected chi connectivity index (χ2v) is 3.09. The second kappa shape index (κ2) is 5.51. The van der Waals surface area contributed by atoms with E-state index in [0.717, 1.165) is 0 Å². The van der Waals surface area contributed by atoms with E-state index in [-0.39, 0.29) is 6.42 Å². The molecule has 0 bridgehead atoms. The molecule has 0 fully saturated rings. The van der Waals surface area contributed by atoms with Gasteiger partial charge in [0.2, 0.25) is 0 Å². The molecular formula is C11H6F4O3. The van der Waals surface area contributed by atoms with Crippen molar-refractivity contribution in [1.29, 1.82) is 0 Å². The van der Waals surface area contributed by atoms with Crippen molar-refractivity contribution < 1.29 is 32.6 Å². The summed E-state index contributed by atoms with van der Waals surface area (Å²) in [6.07, 6.45) is -0.150. The molecule has 0 heterocycles. The van der Waals surface area contributed by atoms with E-state index in [9.17, 15) is 22.4 Å². The van der Waals surface area contributed by atoms with Crippen molar-refractivity contribution in [2.24, 2.45) is 0 Å². The third-order valence-corrected chi connectivity index (χ3v) is 1.93. The predicted molar refractivity (Wildman–Crippen MR) is 51.8 cm³/mol. The van der Waals surface area contributed by atoms with Gasteiger partial charge in [-0.2, -0.15) is 0 Å². The van der Waals surface area contributed by atoms with Crippen LogP contribution in [0.1, 0.15) is 22.3 Å². The predicted octanol–water partition coefficient (Wildman–Crippen LogP) is 1.68. The van der Waals surface area contributed by atoms with Crippen LogP contribution >= 0.6 is 0 Å². The van der Waals surface area contributed by atoms with Gasteiger partial charge in [-0.15, -0.1) is 0 Å². The van der Waals surface area contributed by atoms with Gasteiger partial charge in [0, 0.05) is 6.42 Å². The molecule has 2 N–H and O–H groups in total. The normalized spacial score (nSPS) is 9.83. The molecule has 7 heteroatoms. The number of benzene rings is 1. The van der Waals surface area contributed by atoms with Crippen LogP contribution in [0.2, 0.25) is 0 Å². The van der Waals surface area contributed by atoms with E-state index < -0.39 is 47.0 Å². The molecule has 3 nitrogen and oxygen atoms in total. The van der Waals surface area contributed by atoms with Gasteiger partial charge in [-0.3, -0.25) is 0 Å². The maximum atomic E-state index is 13.3. The Morgan fingerprint density at radius 2 is 1.56 bits per heavy atom. The minimum absolute atomic E-state index is 0.150. The zero-order chi connectivity index (χ0) is 13.9. The third-order valence-electron chi connectivity index (χ3n) is 1.93. The van der Waals surface area contributed by atoms with Crippen molar-refractivity contribution in [3.8, 4) is 11.8 Å². The Bertz CT molecular complexity index is 529. The van der Waals surface area contributed by atoms with Gasteiger partial charge in [0.25, 0.3) is 0 Å². The van der Waals surface area contributed by atoms with Crippen LogP contribution in [0.15, 0.2) is 0 Å². The Labute approximate surface area is 98.7 Å². The van der Waals surface area contributed by atoms with Gasteiger partial charge in [0.15, 0.2) is 23.3 Å². The quantitative estimate of drug-likeness (QED) is 0.484. The number of rotatable bonds is 2. The van der Waals surface area contributed by atoms with E-state index in [4.69, 9.17) is 10.2 Å². The van der Waals surface area contributed by atoms with Gasteiger partial charge in [-0.05, 0) is 0 Å². The number of carbonyl (C=O) groups is 1. The Morgan fingerprint density at radius 1 is 1.06 bits per heavy atom. The summed E-state index contributed by atoms with van der Waals surface area (Å²) >= 11 is 0. The molecule has 1 aromatic rings. The summed E-state index contributed by atoms with van der Waals surface area (Å²) in [6.45, 7) is -0.394. The maximum Gasteiger partial charge on any atom is 0.341 e. The summed E-state index contributed by atoms with van der Waals surface area (Å²) in [6, 6.07) is 0. The van der Waals surface area contributed by atoms with Crippen molar-refractivity contribution in [2.75, 3.05) is 6.61 Å². The van der Waals surface area contributed by atoms with Gasteiger partial charge < -0.3 is 10.2 Å². The van der Waals surface area contributed by atoms with Crippen LogP contribution in [0.5, 0.6) is 0 Å². The first-order valence-electron chi connectivity index (χ1n) is 4.60. The lowest BCUT2D eigenvalue weighted by atomic mass is 10.1. The first-order chi connectivity index (χ1) is 8.41. The van der Waals surface area contributed by atoms with E-state index >= 15 is 0 Å². The minimum atomic E-state index is -2.13. The highest BCUT2D eigenvalue weighted by molar-refractivity contribution is 5.88. The lowest BCUT2D eigenvalue weighted by Gasteiger charge is -2.05. The highest BCUT2D eigenvalue weighted by Gasteiger charge is 2.28. The lowest BCUT2D eigenvalue weighted by molar-refractivity contribution is 0.0683. The summed E-state index contributed by atoms with van der Waals surface area (Å²) in [5.74, 6) is -6.05. The van der Waals surface area contributed by atoms with Crippen LogP contribution in [0, 0.1) is 35.1 Å². The lowest BCUT2D eigenvalue weighted by Crippen LogP contribution is -2.11. The molecule has 0 aliphatic rings. The average molecular weight is 262 g/mol. The molecule has 1 aromatic carbocycles. The summed E-state index contributed by atoms with van der Waals surface area (Å²) in [5.41, 5.74) is -2.92. The van der Waals surface area contributed by atoms with Crippen LogP contribution in [0.3, 0.4) is 0 Å². The summed E-state index contributed by atoms with van der Waals surface area (Å²) in [5, 5.41) is 16.8. The Morgan fingerprint density at radius 3 is 1.94 bits per heavy atom. The van der Waals surface area contributed by atoms with E-state index in [1.807, 2.05) is 0 Å². The van der Waals surface area contributed by atoms with Crippen LogP contribution in [0.25, 0.3) is 0 Å². The fourth-order valence-electron chi connectivity index (χ4n) is 1.14. The van der Waals surface area contributed by atoms with Gasteiger partial charge >= 0.3 is 5.97 Å². The number of aliphatic hydroxyl groups is 1. The highest BCUT2D eigenvalue weighted by atomic mass is 19.2. The number of aromatic carboxylic acids is 1. The largest absolute Gasteiger partial charge is 0.477 e. The van der Waals surface area contributed by atoms with Crippen molar-refractivity contribution in [3.63, 3.8) is 0 Å². The minimum Gasteiger partial charge on any atom is -0.477 e. The topological polar surface area (TPSA) is 57.5 Å². The SMILES string of the molecule is O=C(O)c1c(F)c(F)c(C#CCCO)c(F)c1F. The van der Waals surface area contributed by atoms with Gasteiger partial charge in [0.1, 0.15) is 11.1 Å². The van der Waals surface area contributed by atoms with Crippen LogP contribution in [0.4, 0.5) is 17.6 Å². The molecule has 0 aliphatic heterocycles. The summed E-state index contributed by atoms with van der Waals surface area (Å²) in [7, 11) is 0. The Kier molecular flexibility index (Phi) is 4.28. The summed E-state index contributed by atoms with van der Waals surface area (Å²) in [4.78, 5) is 10.4. The molecule has 0 atom stereocenters. The smallest absolute Gasteiger partial charge is 0.341 e. The number of carboxylic acid groups (broad SMARTS) is 1. The maximum absolute atomic E-state index is 13.3. The van der Waals surface area contributed by atoms with Gasteiger partial charge in [-0.25, -0.2) is 22.4 Å². The number of hydrogen-bond donors (Lipinski definition) is 2. The van der Waals surface area contributed by atoms with E-state index in [2.05, 4.69) is 5.92 Å². The molecule has 1 rings (SSSR count). The Balaban J connectivity index is 3.50. The zero-order valence-electron chi connectivity index (χ0n) is 8.73. The number of halogens is 4. The first-order valence-corrected chi connectivity index (χ1v) is 4.60. The van der Waals surface area contributed by atoms with Crippen LogP contribution in [-0.4, -0.2) is 22.8 Å². The average Bonchev–Trinajstić information content (AvgIpc) is 2.31. The molecule has 0 saturated heterocycles. The van der Waals surface area contributed by atoms with Crippen molar-refractivity contribution in [1.82, 2.24) is 0 Å². The molecule has 18 heavy (non-hydrogen) atoms. The molecule has 0 saturated carbocycles. The third kappa shape index (κ3) is 2.43. The number of aliphatic hydroxyl groups excluding tert-OH is 1. The van der Waals surface area contributed by atoms with E-state index in [1.54, 1.807) is 5.92 Å². The molecular weight excluding hydrogens is 256 g/mol. The molecule has 0 radical (unpaired) electrons. The van der Waals surface area contributed by atoms with Gasteiger partial charge in [0.05, 0.1) is 6.61 Å². The zero-order valence-corrected chi connectivity index (χ0v) is 8.73. The number of hydrogen-bond acceptors (Lipinski definition) is 2. The van der Waals surface area contributed by atoms with E-state index in [1.165, 1.54) is 0 Å². The molecule has 0 amide bonds. The fraction of sp³-hybridized carbons (Fsp3) is 0.182. The van der Waals surface area contributed by atoms with Crippen LogP contribution in [-0.2, 0) is 0 Å². The van der Waals surface area contributed by atoms with Gasteiger partial charge in [-0.1, -0.05) is 11.8 Å². The van der Waals surface area contributed by atoms with Crippen molar-refractivity contribution >= 4 is 5.97 Å². The van der Waals surface area contributed by atoms with E-state index in [0.29, 0.717) is 0 Å². The van der Waals surface area contributed by atoms with Crippen molar-refractivity contribution in [3.05, 3.63) is 34.4 Å². The molecule has 0 unspecified atom stereocenters. The molecule has 96 valence electrons.